The zero-order valence-corrected chi connectivity index (χ0v) is 14.7. The van der Waals surface area contributed by atoms with Crippen LogP contribution >= 0.6 is 0 Å². The van der Waals surface area contributed by atoms with Crippen LogP contribution < -0.4 is 4.74 Å². The fourth-order valence-electron chi connectivity index (χ4n) is 1.92. The van der Waals surface area contributed by atoms with Gasteiger partial charge in [0, 0.05) is 5.57 Å². The highest BCUT2D eigenvalue weighted by atomic mass is 16.6. The van der Waals surface area contributed by atoms with Gasteiger partial charge in [0.2, 0.25) is 0 Å². The highest BCUT2D eigenvalue weighted by Gasteiger charge is 2.07. The van der Waals surface area contributed by atoms with E-state index < -0.39 is 5.97 Å². The summed E-state index contributed by atoms with van der Waals surface area (Å²) in [5.41, 5.74) is 2.21. The fraction of sp³-hybridized carbons (Fsp3) is 0.150. The number of nitriles is 2. The summed E-state index contributed by atoms with van der Waals surface area (Å²) in [4.78, 5) is 11.3. The quantitative estimate of drug-likeness (QED) is 0.316. The number of hydrogen-bond acceptors (Lipinski definition) is 7. The van der Waals surface area contributed by atoms with Crippen LogP contribution in [0.2, 0.25) is 0 Å². The van der Waals surface area contributed by atoms with Crippen LogP contribution in [0, 0.1) is 22.7 Å². The first-order valence-corrected chi connectivity index (χ1v) is 7.95. The van der Waals surface area contributed by atoms with Gasteiger partial charge in [-0.05, 0) is 49.4 Å². The first kappa shape index (κ1) is 19.4. The average Bonchev–Trinajstić information content (AvgIpc) is 2.70. The summed E-state index contributed by atoms with van der Waals surface area (Å²) in [5.74, 6) is -0.126. The molecule has 0 aromatic heterocycles. The lowest BCUT2D eigenvalue weighted by molar-refractivity contribution is -0.139. The third-order valence-corrected chi connectivity index (χ3v) is 3.28. The van der Waals surface area contributed by atoms with Crippen molar-refractivity contribution in [3.8, 4) is 17.9 Å². The van der Waals surface area contributed by atoms with Gasteiger partial charge in [0.1, 0.15) is 25.0 Å². The van der Waals surface area contributed by atoms with Crippen LogP contribution in [-0.4, -0.2) is 19.2 Å². The molecule has 7 nitrogen and oxygen atoms in total. The summed E-state index contributed by atoms with van der Waals surface area (Å²) in [6, 6.07) is 15.5. The maximum absolute atomic E-state index is 11.3. The van der Waals surface area contributed by atoms with Crippen LogP contribution in [0.3, 0.4) is 0 Å². The molecular weight excluding hydrogens is 344 g/mol. The molecule has 0 atom stereocenters. The lowest BCUT2D eigenvalue weighted by Gasteiger charge is -2.08. The summed E-state index contributed by atoms with van der Waals surface area (Å²) in [6.45, 7) is 5.21. The number of nitrogens with zero attached hydrogens (tertiary/aromatic N) is 4. The Balaban J connectivity index is 1.99. The molecule has 0 aliphatic carbocycles. The molecule has 0 amide bonds. The molecule has 0 aliphatic rings. The van der Waals surface area contributed by atoms with Crippen molar-refractivity contribution in [2.75, 3.05) is 13.2 Å². The number of carbonyl (C=O) groups is 1. The summed E-state index contributed by atoms with van der Waals surface area (Å²) in [6.07, 6.45) is 0. The van der Waals surface area contributed by atoms with Crippen molar-refractivity contribution >= 4 is 17.3 Å². The zero-order valence-electron chi connectivity index (χ0n) is 14.7. The van der Waals surface area contributed by atoms with E-state index in [4.69, 9.17) is 14.7 Å². The second-order valence-corrected chi connectivity index (χ2v) is 5.42. The van der Waals surface area contributed by atoms with Crippen LogP contribution in [-0.2, 0) is 9.53 Å². The van der Waals surface area contributed by atoms with Crippen molar-refractivity contribution in [2.45, 2.75) is 6.92 Å². The number of ether oxygens (including phenoxy) is 2. The SMILES string of the molecule is C=C(C)C(=O)OCCOc1ccc(/N=N/c2ccc(C#N)cc2)cc1C#N. The van der Waals surface area contributed by atoms with Crippen LogP contribution in [0.15, 0.2) is 64.8 Å². The standard InChI is InChI=1S/C20H16N4O3/c1-14(2)20(25)27-10-9-26-19-8-7-18(11-16(19)13-22)24-23-17-5-3-15(12-21)4-6-17/h3-8,11H,1,9-10H2,2H3/b24-23+. The van der Waals surface area contributed by atoms with E-state index in [0.717, 1.165) is 0 Å². The van der Waals surface area contributed by atoms with Gasteiger partial charge < -0.3 is 9.47 Å². The Morgan fingerprint density at radius 2 is 1.70 bits per heavy atom. The first-order chi connectivity index (χ1) is 13.0. The molecule has 2 aromatic carbocycles. The predicted molar refractivity (Wildman–Crippen MR) is 97.8 cm³/mol. The molecule has 0 spiro atoms. The van der Waals surface area contributed by atoms with E-state index in [-0.39, 0.29) is 18.8 Å². The highest BCUT2D eigenvalue weighted by molar-refractivity contribution is 5.86. The molecule has 0 heterocycles. The molecule has 0 bridgehead atoms. The lowest BCUT2D eigenvalue weighted by atomic mass is 10.2. The van der Waals surface area contributed by atoms with Gasteiger partial charge in [0.15, 0.2) is 0 Å². The van der Waals surface area contributed by atoms with E-state index in [2.05, 4.69) is 16.8 Å². The minimum Gasteiger partial charge on any atom is -0.489 e. The third-order valence-electron chi connectivity index (χ3n) is 3.28. The van der Waals surface area contributed by atoms with Crippen molar-refractivity contribution in [2.24, 2.45) is 10.2 Å². The third kappa shape index (κ3) is 5.80. The van der Waals surface area contributed by atoms with Crippen LogP contribution in [0.1, 0.15) is 18.1 Å². The molecule has 7 heteroatoms. The molecule has 0 radical (unpaired) electrons. The zero-order chi connectivity index (χ0) is 19.6. The van der Waals surface area contributed by atoms with Gasteiger partial charge in [0.25, 0.3) is 0 Å². The fourth-order valence-corrected chi connectivity index (χ4v) is 1.92. The maximum Gasteiger partial charge on any atom is 0.333 e. The number of hydrogen-bond donors (Lipinski definition) is 0. The number of carbonyl (C=O) groups excluding carboxylic acids is 1. The van der Waals surface area contributed by atoms with Crippen LogP contribution in [0.5, 0.6) is 5.75 Å². The van der Waals surface area contributed by atoms with Crippen LogP contribution in [0.25, 0.3) is 0 Å². The molecule has 0 saturated carbocycles. The molecule has 0 N–H and O–H groups in total. The van der Waals surface area contributed by atoms with Crippen molar-refractivity contribution in [1.29, 1.82) is 10.5 Å². The summed E-state index contributed by atoms with van der Waals surface area (Å²) < 4.78 is 10.4. The number of esters is 1. The highest BCUT2D eigenvalue weighted by Crippen LogP contribution is 2.25. The Morgan fingerprint density at radius 3 is 2.33 bits per heavy atom. The van der Waals surface area contributed by atoms with Gasteiger partial charge in [-0.15, -0.1) is 0 Å². The molecular formula is C20H16N4O3. The number of azo groups is 1. The molecule has 0 saturated heterocycles. The first-order valence-electron chi connectivity index (χ1n) is 7.95. The van der Waals surface area contributed by atoms with Gasteiger partial charge in [-0.1, -0.05) is 6.58 Å². The molecule has 2 aromatic rings. The van der Waals surface area contributed by atoms with Gasteiger partial charge in [-0.25, -0.2) is 4.79 Å². The molecule has 2 rings (SSSR count). The molecule has 0 aliphatic heterocycles. The van der Waals surface area contributed by atoms with E-state index in [1.807, 2.05) is 12.1 Å². The molecule has 0 fully saturated rings. The summed E-state index contributed by atoms with van der Waals surface area (Å²) >= 11 is 0. The van der Waals surface area contributed by atoms with Crippen molar-refractivity contribution in [1.82, 2.24) is 0 Å². The van der Waals surface area contributed by atoms with Crippen LogP contribution in [0.4, 0.5) is 11.4 Å². The second-order valence-electron chi connectivity index (χ2n) is 5.42. The Labute approximate surface area is 156 Å². The summed E-state index contributed by atoms with van der Waals surface area (Å²) in [5, 5.41) is 26.2. The van der Waals surface area contributed by atoms with E-state index in [0.29, 0.717) is 28.3 Å². The topological polar surface area (TPSA) is 108 Å². The monoisotopic (exact) mass is 360 g/mol. The largest absolute Gasteiger partial charge is 0.489 e. The Kier molecular flexibility index (Phi) is 6.81. The summed E-state index contributed by atoms with van der Waals surface area (Å²) in [7, 11) is 0. The van der Waals surface area contributed by atoms with Gasteiger partial charge >= 0.3 is 5.97 Å². The average molecular weight is 360 g/mol. The number of benzene rings is 2. The minimum atomic E-state index is -0.488. The number of rotatable bonds is 7. The smallest absolute Gasteiger partial charge is 0.333 e. The van der Waals surface area contributed by atoms with Gasteiger partial charge in [0.05, 0.1) is 28.6 Å². The van der Waals surface area contributed by atoms with E-state index in [1.165, 1.54) is 0 Å². The van der Waals surface area contributed by atoms with E-state index in [9.17, 15) is 10.1 Å². The predicted octanol–water partition coefficient (Wildman–Crippen LogP) is 4.34. The molecule has 134 valence electrons. The normalized spacial score (nSPS) is 10.0. The Hall–Kier alpha value is -3.97. The second kappa shape index (κ2) is 9.50. The van der Waals surface area contributed by atoms with Crippen molar-refractivity contribution in [3.05, 3.63) is 65.7 Å². The van der Waals surface area contributed by atoms with E-state index >= 15 is 0 Å². The molecule has 0 unspecified atom stereocenters. The van der Waals surface area contributed by atoms with Crippen molar-refractivity contribution in [3.63, 3.8) is 0 Å². The molecule has 27 heavy (non-hydrogen) atoms. The van der Waals surface area contributed by atoms with Gasteiger partial charge in [-0.3, -0.25) is 0 Å². The van der Waals surface area contributed by atoms with Gasteiger partial charge in [-0.2, -0.15) is 20.8 Å². The van der Waals surface area contributed by atoms with E-state index in [1.54, 1.807) is 49.4 Å². The minimum absolute atomic E-state index is 0.0523. The van der Waals surface area contributed by atoms with Crippen molar-refractivity contribution < 1.29 is 14.3 Å². The lowest BCUT2D eigenvalue weighted by Crippen LogP contribution is -2.12. The Morgan fingerprint density at radius 1 is 1.04 bits per heavy atom. The maximum atomic E-state index is 11.3. The Bertz CT molecular complexity index is 951.